The second-order valence-corrected chi connectivity index (χ2v) is 5.15. The van der Waals surface area contributed by atoms with Gasteiger partial charge in [0.2, 0.25) is 0 Å². The minimum absolute atomic E-state index is 0.560. The molecule has 5 nitrogen and oxygen atoms in total. The van der Waals surface area contributed by atoms with Crippen molar-refractivity contribution >= 4 is 0 Å². The van der Waals surface area contributed by atoms with Gasteiger partial charge in [0.15, 0.2) is 0 Å². The molecule has 2 aromatic rings. The smallest absolute Gasteiger partial charge is 0.0925 e. The van der Waals surface area contributed by atoms with E-state index in [4.69, 9.17) is 0 Å². The van der Waals surface area contributed by atoms with Crippen molar-refractivity contribution in [2.24, 2.45) is 0 Å². The Morgan fingerprint density at radius 2 is 2.11 bits per heavy atom. The van der Waals surface area contributed by atoms with Gasteiger partial charge in [-0.25, -0.2) is 4.98 Å². The number of H-pyrrole nitrogens is 1. The van der Waals surface area contributed by atoms with Gasteiger partial charge in [-0.15, -0.1) is 0 Å². The second kappa shape index (κ2) is 5.48. The molecule has 0 aromatic carbocycles. The Hall–Kier alpha value is -1.75. The Labute approximate surface area is 113 Å². The van der Waals surface area contributed by atoms with Crippen LogP contribution in [-0.2, 0) is 6.54 Å². The zero-order valence-electron chi connectivity index (χ0n) is 11.2. The fraction of sp³-hybridized carbons (Fsp3) is 0.500. The Balaban J connectivity index is 1.57. The highest BCUT2D eigenvalue weighted by Gasteiger charge is 2.22. The molecule has 0 atom stereocenters. The summed E-state index contributed by atoms with van der Waals surface area (Å²) in [5.74, 6) is 0.560. The highest BCUT2D eigenvalue weighted by molar-refractivity contribution is 5.09. The van der Waals surface area contributed by atoms with Crippen LogP contribution >= 0.6 is 0 Å². The van der Waals surface area contributed by atoms with E-state index in [2.05, 4.69) is 31.8 Å². The summed E-state index contributed by atoms with van der Waals surface area (Å²) in [6, 6.07) is 0. The summed E-state index contributed by atoms with van der Waals surface area (Å²) in [4.78, 5) is 18.6. The molecule has 1 fully saturated rings. The van der Waals surface area contributed by atoms with Gasteiger partial charge in [-0.05, 0) is 32.9 Å². The highest BCUT2D eigenvalue weighted by Crippen LogP contribution is 2.26. The van der Waals surface area contributed by atoms with Gasteiger partial charge in [0.1, 0.15) is 0 Å². The zero-order chi connectivity index (χ0) is 13.1. The number of hydrogen-bond acceptors (Lipinski definition) is 4. The summed E-state index contributed by atoms with van der Waals surface area (Å²) in [7, 11) is 0. The average Bonchev–Trinajstić information content (AvgIpc) is 2.86. The molecule has 0 bridgehead atoms. The van der Waals surface area contributed by atoms with Crippen LogP contribution in [0.2, 0.25) is 0 Å². The molecule has 3 rings (SSSR count). The van der Waals surface area contributed by atoms with Crippen molar-refractivity contribution in [2.45, 2.75) is 32.2 Å². The van der Waals surface area contributed by atoms with Crippen LogP contribution in [0.15, 0.2) is 24.9 Å². The summed E-state index contributed by atoms with van der Waals surface area (Å²) < 4.78 is 0. The van der Waals surface area contributed by atoms with E-state index in [0.717, 1.165) is 43.9 Å². The molecule has 1 aliphatic rings. The van der Waals surface area contributed by atoms with Crippen LogP contribution in [0.4, 0.5) is 0 Å². The summed E-state index contributed by atoms with van der Waals surface area (Å²) in [5, 5.41) is 0. The van der Waals surface area contributed by atoms with Crippen LogP contribution in [-0.4, -0.2) is 37.9 Å². The summed E-state index contributed by atoms with van der Waals surface area (Å²) in [5.41, 5.74) is 3.48. The predicted octanol–water partition coefficient (Wildman–Crippen LogP) is 1.89. The minimum Gasteiger partial charge on any atom is -0.348 e. The first-order chi connectivity index (χ1) is 9.33. The van der Waals surface area contributed by atoms with Gasteiger partial charge in [-0.2, -0.15) is 0 Å². The molecule has 3 heterocycles. The summed E-state index contributed by atoms with van der Waals surface area (Å²) in [6.45, 7) is 5.23. The lowest BCUT2D eigenvalue weighted by molar-refractivity contribution is 0.201. The molecular weight excluding hydrogens is 238 g/mol. The molecule has 0 radical (unpaired) electrons. The maximum Gasteiger partial charge on any atom is 0.0925 e. The van der Waals surface area contributed by atoms with Crippen molar-refractivity contribution in [3.8, 4) is 0 Å². The van der Waals surface area contributed by atoms with Crippen molar-refractivity contribution in [3.05, 3.63) is 42.0 Å². The van der Waals surface area contributed by atoms with Crippen molar-refractivity contribution in [1.82, 2.24) is 24.8 Å². The quantitative estimate of drug-likeness (QED) is 0.912. The molecule has 2 aromatic heterocycles. The number of aromatic amines is 1. The molecule has 0 amide bonds. The van der Waals surface area contributed by atoms with Crippen molar-refractivity contribution in [1.29, 1.82) is 0 Å². The Morgan fingerprint density at radius 3 is 2.74 bits per heavy atom. The van der Waals surface area contributed by atoms with Gasteiger partial charge in [-0.3, -0.25) is 14.9 Å². The SMILES string of the molecule is Cc1[nH]cnc1CN1CCC(c2cnccn2)CC1. The van der Waals surface area contributed by atoms with Crippen molar-refractivity contribution in [2.75, 3.05) is 13.1 Å². The van der Waals surface area contributed by atoms with Crippen LogP contribution in [0.1, 0.15) is 35.8 Å². The van der Waals surface area contributed by atoms with E-state index in [-0.39, 0.29) is 0 Å². The Bertz CT molecular complexity index is 514. The third kappa shape index (κ3) is 2.81. The number of rotatable bonds is 3. The topological polar surface area (TPSA) is 57.7 Å². The number of aromatic nitrogens is 4. The maximum atomic E-state index is 4.42. The van der Waals surface area contributed by atoms with Gasteiger partial charge in [0, 0.05) is 36.7 Å². The number of hydrogen-bond donors (Lipinski definition) is 1. The number of imidazole rings is 1. The number of piperidine rings is 1. The molecule has 1 saturated heterocycles. The van der Waals surface area contributed by atoms with Gasteiger partial charge in [-0.1, -0.05) is 0 Å². The standard InChI is InChI=1S/C14H19N5/c1-11-14(18-10-17-11)9-19-6-2-12(3-7-19)13-8-15-4-5-16-13/h4-5,8,10,12H,2-3,6-7,9H2,1H3,(H,17,18). The molecule has 1 aliphatic heterocycles. The maximum absolute atomic E-state index is 4.42. The third-order valence-electron chi connectivity index (χ3n) is 3.90. The number of nitrogens with zero attached hydrogens (tertiary/aromatic N) is 4. The largest absolute Gasteiger partial charge is 0.348 e. The lowest BCUT2D eigenvalue weighted by Crippen LogP contribution is -2.33. The minimum atomic E-state index is 0.560. The van der Waals surface area contributed by atoms with E-state index in [0.29, 0.717) is 5.92 Å². The average molecular weight is 257 g/mol. The van der Waals surface area contributed by atoms with Crippen LogP contribution in [0, 0.1) is 6.92 Å². The predicted molar refractivity (Wildman–Crippen MR) is 72.6 cm³/mol. The lowest BCUT2D eigenvalue weighted by atomic mass is 9.94. The van der Waals surface area contributed by atoms with Crippen molar-refractivity contribution in [3.63, 3.8) is 0 Å². The first-order valence-electron chi connectivity index (χ1n) is 6.80. The molecule has 0 saturated carbocycles. The van der Waals surface area contributed by atoms with Crippen LogP contribution in [0.25, 0.3) is 0 Å². The molecule has 0 unspecified atom stereocenters. The summed E-state index contributed by atoms with van der Waals surface area (Å²) in [6.07, 6.45) is 9.51. The monoisotopic (exact) mass is 257 g/mol. The van der Waals surface area contributed by atoms with Gasteiger partial charge in [0.05, 0.1) is 17.7 Å². The molecule has 5 heteroatoms. The van der Waals surface area contributed by atoms with E-state index < -0.39 is 0 Å². The zero-order valence-corrected chi connectivity index (χ0v) is 11.2. The molecular formula is C14H19N5. The molecule has 0 spiro atoms. The number of aryl methyl sites for hydroxylation is 1. The highest BCUT2D eigenvalue weighted by atomic mass is 15.1. The fourth-order valence-corrected chi connectivity index (χ4v) is 2.67. The number of nitrogens with one attached hydrogen (secondary N) is 1. The Morgan fingerprint density at radius 1 is 1.26 bits per heavy atom. The van der Waals surface area contributed by atoms with Gasteiger partial charge in [0.25, 0.3) is 0 Å². The van der Waals surface area contributed by atoms with E-state index >= 15 is 0 Å². The van der Waals surface area contributed by atoms with E-state index in [1.54, 1.807) is 18.7 Å². The van der Waals surface area contributed by atoms with Gasteiger partial charge < -0.3 is 4.98 Å². The van der Waals surface area contributed by atoms with Crippen LogP contribution in [0.5, 0.6) is 0 Å². The normalized spacial score (nSPS) is 17.7. The van der Waals surface area contributed by atoms with E-state index in [1.807, 2.05) is 6.20 Å². The van der Waals surface area contributed by atoms with E-state index in [9.17, 15) is 0 Å². The van der Waals surface area contributed by atoms with Gasteiger partial charge >= 0.3 is 0 Å². The Kier molecular flexibility index (Phi) is 3.55. The first kappa shape index (κ1) is 12.3. The molecule has 1 N–H and O–H groups in total. The number of likely N-dealkylation sites (tertiary alicyclic amines) is 1. The first-order valence-corrected chi connectivity index (χ1v) is 6.80. The third-order valence-corrected chi connectivity index (χ3v) is 3.90. The fourth-order valence-electron chi connectivity index (χ4n) is 2.67. The summed E-state index contributed by atoms with van der Waals surface area (Å²) >= 11 is 0. The molecule has 0 aliphatic carbocycles. The van der Waals surface area contributed by atoms with Crippen LogP contribution in [0.3, 0.4) is 0 Å². The van der Waals surface area contributed by atoms with E-state index in [1.165, 1.54) is 5.69 Å². The van der Waals surface area contributed by atoms with Crippen LogP contribution < -0.4 is 0 Å². The van der Waals surface area contributed by atoms with Crippen molar-refractivity contribution < 1.29 is 0 Å². The molecule has 100 valence electrons. The lowest BCUT2D eigenvalue weighted by Gasteiger charge is -2.31. The molecule has 19 heavy (non-hydrogen) atoms. The second-order valence-electron chi connectivity index (χ2n) is 5.15.